The summed E-state index contributed by atoms with van der Waals surface area (Å²) in [4.78, 5) is 19.6. The lowest BCUT2D eigenvalue weighted by Gasteiger charge is -2.15. The molecule has 106 valence electrons. The molecule has 2 N–H and O–H groups in total. The van der Waals surface area contributed by atoms with Gasteiger partial charge >= 0.3 is 0 Å². The number of benzene rings is 1. The number of nitrogens with one attached hydrogen (secondary N) is 2. The fourth-order valence-corrected chi connectivity index (χ4v) is 2.05. The largest absolute Gasteiger partial charge is 0.344 e. The Morgan fingerprint density at radius 3 is 2.80 bits per heavy atom. The monoisotopic (exact) mass is 275 g/mol. The van der Waals surface area contributed by atoms with E-state index >= 15 is 0 Å². The number of carbonyl (C=O) groups excluding carboxylic acids is 1. The van der Waals surface area contributed by atoms with Crippen LogP contribution in [0.25, 0.3) is 0 Å². The minimum Gasteiger partial charge on any atom is -0.344 e. The molecule has 1 unspecified atom stereocenters. The van der Waals surface area contributed by atoms with Crippen molar-refractivity contribution in [2.24, 2.45) is 0 Å². The number of halogens is 1. The number of aryl methyl sites for hydroxylation is 2. The summed E-state index contributed by atoms with van der Waals surface area (Å²) < 4.78 is 13.3. The number of H-pyrrole nitrogens is 1. The van der Waals surface area contributed by atoms with Crippen LogP contribution in [0.2, 0.25) is 0 Å². The Morgan fingerprint density at radius 2 is 2.20 bits per heavy atom. The highest BCUT2D eigenvalue weighted by Gasteiger charge is 2.18. The van der Waals surface area contributed by atoms with E-state index in [1.54, 1.807) is 19.2 Å². The molecule has 0 radical (unpaired) electrons. The van der Waals surface area contributed by atoms with Gasteiger partial charge < -0.3 is 10.3 Å². The van der Waals surface area contributed by atoms with Gasteiger partial charge in [-0.15, -0.1) is 0 Å². The molecule has 20 heavy (non-hydrogen) atoms. The van der Waals surface area contributed by atoms with Crippen molar-refractivity contribution in [1.29, 1.82) is 0 Å². The molecular formula is C15H18FN3O. The molecule has 0 saturated carbocycles. The van der Waals surface area contributed by atoms with Crippen LogP contribution in [0.5, 0.6) is 0 Å². The van der Waals surface area contributed by atoms with E-state index in [4.69, 9.17) is 0 Å². The van der Waals surface area contributed by atoms with Crippen molar-refractivity contribution in [3.05, 3.63) is 52.9 Å². The SMILES string of the molecule is CCC(NC(=O)c1cc(F)ccc1C)c1ncc(C)[nH]1. The zero-order valence-electron chi connectivity index (χ0n) is 11.8. The van der Waals surface area contributed by atoms with Crippen LogP contribution < -0.4 is 5.32 Å². The summed E-state index contributed by atoms with van der Waals surface area (Å²) in [5, 5.41) is 2.88. The first-order chi connectivity index (χ1) is 9.51. The van der Waals surface area contributed by atoms with Crippen molar-refractivity contribution >= 4 is 5.91 Å². The van der Waals surface area contributed by atoms with E-state index in [2.05, 4.69) is 15.3 Å². The highest BCUT2D eigenvalue weighted by Crippen LogP contribution is 2.16. The van der Waals surface area contributed by atoms with Crippen molar-refractivity contribution in [3.63, 3.8) is 0 Å². The van der Waals surface area contributed by atoms with Crippen LogP contribution in [0.1, 0.15) is 46.8 Å². The topological polar surface area (TPSA) is 57.8 Å². The summed E-state index contributed by atoms with van der Waals surface area (Å²) in [6.45, 7) is 5.65. The molecule has 1 amide bonds. The molecule has 0 aliphatic carbocycles. The predicted molar refractivity (Wildman–Crippen MR) is 75.0 cm³/mol. The molecule has 1 aromatic carbocycles. The molecule has 0 fully saturated rings. The van der Waals surface area contributed by atoms with Gasteiger partial charge in [-0.25, -0.2) is 9.37 Å². The average molecular weight is 275 g/mol. The fraction of sp³-hybridized carbons (Fsp3) is 0.333. The van der Waals surface area contributed by atoms with Crippen molar-refractivity contribution in [1.82, 2.24) is 15.3 Å². The summed E-state index contributed by atoms with van der Waals surface area (Å²) in [5.41, 5.74) is 2.04. The van der Waals surface area contributed by atoms with Crippen molar-refractivity contribution in [2.75, 3.05) is 0 Å². The Balaban J connectivity index is 2.19. The van der Waals surface area contributed by atoms with Crippen LogP contribution >= 0.6 is 0 Å². The first-order valence-corrected chi connectivity index (χ1v) is 6.59. The molecule has 0 bridgehead atoms. The Labute approximate surface area is 117 Å². The zero-order chi connectivity index (χ0) is 14.7. The van der Waals surface area contributed by atoms with Gasteiger partial charge in [0.05, 0.1) is 6.04 Å². The number of aromatic amines is 1. The zero-order valence-corrected chi connectivity index (χ0v) is 11.8. The van der Waals surface area contributed by atoms with E-state index in [0.717, 1.165) is 11.3 Å². The van der Waals surface area contributed by atoms with Crippen molar-refractivity contribution in [3.8, 4) is 0 Å². The maximum Gasteiger partial charge on any atom is 0.252 e. The second-order valence-electron chi connectivity index (χ2n) is 4.84. The first kappa shape index (κ1) is 14.2. The van der Waals surface area contributed by atoms with Crippen LogP contribution in [0.3, 0.4) is 0 Å². The predicted octanol–water partition coefficient (Wildman–Crippen LogP) is 3.05. The summed E-state index contributed by atoms with van der Waals surface area (Å²) in [6, 6.07) is 3.99. The lowest BCUT2D eigenvalue weighted by Crippen LogP contribution is -2.29. The molecule has 5 heteroatoms. The number of carbonyl (C=O) groups is 1. The molecule has 1 aromatic heterocycles. The van der Waals surface area contributed by atoms with Crippen molar-refractivity contribution < 1.29 is 9.18 Å². The summed E-state index contributed by atoms with van der Waals surface area (Å²) in [5.74, 6) is 0.0120. The lowest BCUT2D eigenvalue weighted by molar-refractivity contribution is 0.0932. The van der Waals surface area contributed by atoms with Gasteiger partial charge in [0.15, 0.2) is 0 Å². The average Bonchev–Trinajstić information content (AvgIpc) is 2.85. The fourth-order valence-electron chi connectivity index (χ4n) is 2.05. The van der Waals surface area contributed by atoms with Gasteiger partial charge in [0, 0.05) is 17.5 Å². The van der Waals surface area contributed by atoms with Crippen LogP contribution in [-0.4, -0.2) is 15.9 Å². The molecule has 2 rings (SSSR count). The molecule has 1 heterocycles. The Bertz CT molecular complexity index is 621. The van der Waals surface area contributed by atoms with E-state index in [0.29, 0.717) is 17.8 Å². The third-order valence-corrected chi connectivity index (χ3v) is 3.21. The standard InChI is InChI=1S/C15H18FN3O/c1-4-13(14-17-8-10(3)18-14)19-15(20)12-7-11(16)6-5-9(12)2/h5-8,13H,4H2,1-3H3,(H,17,18)(H,19,20). The van der Waals surface area contributed by atoms with Crippen LogP contribution in [0.15, 0.2) is 24.4 Å². The van der Waals surface area contributed by atoms with E-state index in [1.807, 2.05) is 13.8 Å². The number of hydrogen-bond acceptors (Lipinski definition) is 2. The molecular weight excluding hydrogens is 257 g/mol. The minimum absolute atomic E-state index is 0.209. The van der Waals surface area contributed by atoms with E-state index in [9.17, 15) is 9.18 Å². The second-order valence-corrected chi connectivity index (χ2v) is 4.84. The summed E-state index contributed by atoms with van der Waals surface area (Å²) >= 11 is 0. The van der Waals surface area contributed by atoms with Gasteiger partial charge in [0.2, 0.25) is 0 Å². The number of nitrogens with zero attached hydrogens (tertiary/aromatic N) is 1. The molecule has 0 saturated heterocycles. The Kier molecular flexibility index (Phi) is 4.17. The van der Waals surface area contributed by atoms with E-state index in [-0.39, 0.29) is 11.9 Å². The molecule has 2 aromatic rings. The summed E-state index contributed by atoms with van der Waals surface area (Å²) in [7, 11) is 0. The number of hydrogen-bond donors (Lipinski definition) is 2. The maximum absolute atomic E-state index is 13.3. The quantitative estimate of drug-likeness (QED) is 0.901. The molecule has 0 aliphatic rings. The highest BCUT2D eigenvalue weighted by molar-refractivity contribution is 5.95. The van der Waals surface area contributed by atoms with Gasteiger partial charge in [-0.1, -0.05) is 13.0 Å². The second kappa shape index (κ2) is 5.86. The lowest BCUT2D eigenvalue weighted by atomic mass is 10.1. The van der Waals surface area contributed by atoms with Crippen LogP contribution in [-0.2, 0) is 0 Å². The Morgan fingerprint density at radius 1 is 1.45 bits per heavy atom. The van der Waals surface area contributed by atoms with Crippen LogP contribution in [0.4, 0.5) is 4.39 Å². The van der Waals surface area contributed by atoms with Crippen molar-refractivity contribution in [2.45, 2.75) is 33.2 Å². The van der Waals surface area contributed by atoms with Gasteiger partial charge in [-0.2, -0.15) is 0 Å². The molecule has 1 atom stereocenters. The van der Waals surface area contributed by atoms with Gasteiger partial charge in [-0.3, -0.25) is 4.79 Å². The normalized spacial score (nSPS) is 12.2. The van der Waals surface area contributed by atoms with Gasteiger partial charge in [0.25, 0.3) is 5.91 Å². The number of amides is 1. The smallest absolute Gasteiger partial charge is 0.252 e. The summed E-state index contributed by atoms with van der Waals surface area (Å²) in [6.07, 6.45) is 2.42. The third-order valence-electron chi connectivity index (χ3n) is 3.21. The van der Waals surface area contributed by atoms with Crippen LogP contribution in [0, 0.1) is 19.7 Å². The molecule has 4 nitrogen and oxygen atoms in total. The maximum atomic E-state index is 13.3. The third kappa shape index (κ3) is 3.04. The minimum atomic E-state index is -0.414. The highest BCUT2D eigenvalue weighted by atomic mass is 19.1. The number of rotatable bonds is 4. The van der Waals surface area contributed by atoms with Gasteiger partial charge in [-0.05, 0) is 38.0 Å². The molecule has 0 aliphatic heterocycles. The van der Waals surface area contributed by atoms with E-state index in [1.165, 1.54) is 12.1 Å². The number of aromatic nitrogens is 2. The molecule has 0 spiro atoms. The van der Waals surface area contributed by atoms with E-state index < -0.39 is 5.82 Å². The Hall–Kier alpha value is -2.17. The van der Waals surface area contributed by atoms with Gasteiger partial charge in [0.1, 0.15) is 11.6 Å². The first-order valence-electron chi connectivity index (χ1n) is 6.59. The number of imidazole rings is 1.